The summed E-state index contributed by atoms with van der Waals surface area (Å²) in [6.45, 7) is 2.79. The Morgan fingerprint density at radius 1 is 1.56 bits per heavy atom. The molecule has 1 heterocycles. The van der Waals surface area contributed by atoms with E-state index in [0.717, 1.165) is 22.9 Å². The standard InChI is InChI=1S/C12H13N3O2S/c1-2-14-12-15-9(6-18-12)7-3-4-10(16)8(5-7)11(13)17/h3-6,16H,2H2,1H3,(H2,13,17)(H,14,15). The third-order valence-corrected chi connectivity index (χ3v) is 3.19. The number of benzene rings is 1. The normalized spacial score (nSPS) is 10.3. The number of primary amides is 1. The van der Waals surface area contributed by atoms with Gasteiger partial charge in [-0.25, -0.2) is 4.98 Å². The molecular formula is C12H13N3O2S. The quantitative estimate of drug-likeness (QED) is 0.787. The number of aromatic nitrogens is 1. The summed E-state index contributed by atoms with van der Waals surface area (Å²) in [6, 6.07) is 4.69. The van der Waals surface area contributed by atoms with Crippen LogP contribution in [0.25, 0.3) is 11.3 Å². The number of rotatable bonds is 4. The molecule has 1 aromatic carbocycles. The Balaban J connectivity index is 2.38. The van der Waals surface area contributed by atoms with E-state index in [0.29, 0.717) is 0 Å². The van der Waals surface area contributed by atoms with Crippen molar-refractivity contribution in [1.82, 2.24) is 4.98 Å². The number of nitrogens with zero attached hydrogens (tertiary/aromatic N) is 1. The first-order chi connectivity index (χ1) is 8.61. The molecule has 18 heavy (non-hydrogen) atoms. The Morgan fingerprint density at radius 3 is 3.00 bits per heavy atom. The summed E-state index contributed by atoms with van der Waals surface area (Å²) >= 11 is 1.49. The molecule has 4 N–H and O–H groups in total. The van der Waals surface area contributed by atoms with E-state index < -0.39 is 5.91 Å². The van der Waals surface area contributed by atoms with Crippen LogP contribution in [0, 0.1) is 0 Å². The maximum atomic E-state index is 11.1. The Kier molecular flexibility index (Phi) is 3.47. The molecule has 0 aliphatic carbocycles. The largest absolute Gasteiger partial charge is 0.507 e. The van der Waals surface area contributed by atoms with Gasteiger partial charge < -0.3 is 16.2 Å². The van der Waals surface area contributed by atoms with Gasteiger partial charge >= 0.3 is 0 Å². The summed E-state index contributed by atoms with van der Waals surface area (Å²) in [4.78, 5) is 15.5. The highest BCUT2D eigenvalue weighted by molar-refractivity contribution is 7.14. The highest BCUT2D eigenvalue weighted by atomic mass is 32.1. The van der Waals surface area contributed by atoms with E-state index in [4.69, 9.17) is 5.73 Å². The molecule has 0 saturated heterocycles. The van der Waals surface area contributed by atoms with E-state index in [9.17, 15) is 9.90 Å². The van der Waals surface area contributed by atoms with Crippen LogP contribution in [0.4, 0.5) is 5.13 Å². The smallest absolute Gasteiger partial charge is 0.252 e. The van der Waals surface area contributed by atoms with Crippen molar-refractivity contribution in [3.63, 3.8) is 0 Å². The van der Waals surface area contributed by atoms with E-state index in [1.807, 2.05) is 12.3 Å². The fourth-order valence-corrected chi connectivity index (χ4v) is 2.32. The molecule has 2 aromatic rings. The summed E-state index contributed by atoms with van der Waals surface area (Å²) in [5, 5.41) is 15.3. The molecule has 0 spiro atoms. The van der Waals surface area contributed by atoms with Crippen molar-refractivity contribution < 1.29 is 9.90 Å². The lowest BCUT2D eigenvalue weighted by atomic mass is 10.1. The maximum Gasteiger partial charge on any atom is 0.252 e. The Morgan fingerprint density at radius 2 is 2.33 bits per heavy atom. The minimum absolute atomic E-state index is 0.102. The van der Waals surface area contributed by atoms with Crippen LogP contribution in [0.1, 0.15) is 17.3 Å². The average Bonchev–Trinajstić information content (AvgIpc) is 2.78. The molecule has 0 atom stereocenters. The fourth-order valence-electron chi connectivity index (χ4n) is 1.53. The SMILES string of the molecule is CCNc1nc(-c2ccc(O)c(C(N)=O)c2)cs1. The third kappa shape index (κ3) is 2.43. The van der Waals surface area contributed by atoms with Crippen molar-refractivity contribution in [3.8, 4) is 17.0 Å². The van der Waals surface area contributed by atoms with E-state index in [-0.39, 0.29) is 11.3 Å². The minimum Gasteiger partial charge on any atom is -0.507 e. The molecule has 5 nitrogen and oxygen atoms in total. The third-order valence-electron chi connectivity index (χ3n) is 2.39. The number of nitrogens with two attached hydrogens (primary N) is 1. The molecule has 2 rings (SSSR count). The van der Waals surface area contributed by atoms with Gasteiger partial charge in [-0.1, -0.05) is 0 Å². The van der Waals surface area contributed by atoms with E-state index in [1.54, 1.807) is 12.1 Å². The van der Waals surface area contributed by atoms with E-state index in [1.165, 1.54) is 17.4 Å². The van der Waals surface area contributed by atoms with Crippen LogP contribution in [0.2, 0.25) is 0 Å². The number of aromatic hydroxyl groups is 1. The summed E-state index contributed by atoms with van der Waals surface area (Å²) in [7, 11) is 0. The molecule has 0 unspecified atom stereocenters. The molecule has 0 bridgehead atoms. The first kappa shape index (κ1) is 12.4. The lowest BCUT2D eigenvalue weighted by molar-refractivity contribution is 0.0998. The zero-order chi connectivity index (χ0) is 13.1. The van der Waals surface area contributed by atoms with Crippen LogP contribution < -0.4 is 11.1 Å². The second-order valence-electron chi connectivity index (χ2n) is 3.66. The van der Waals surface area contributed by atoms with Crippen molar-refractivity contribution in [2.45, 2.75) is 6.92 Å². The highest BCUT2D eigenvalue weighted by Crippen LogP contribution is 2.28. The highest BCUT2D eigenvalue weighted by Gasteiger charge is 2.11. The van der Waals surface area contributed by atoms with Crippen molar-refractivity contribution in [2.75, 3.05) is 11.9 Å². The summed E-state index contributed by atoms with van der Waals surface area (Å²) < 4.78 is 0. The number of hydrogen-bond donors (Lipinski definition) is 3. The van der Waals surface area contributed by atoms with Gasteiger partial charge in [-0.15, -0.1) is 11.3 Å². The zero-order valence-electron chi connectivity index (χ0n) is 9.80. The maximum absolute atomic E-state index is 11.1. The van der Waals surface area contributed by atoms with Crippen molar-refractivity contribution in [1.29, 1.82) is 0 Å². The summed E-state index contributed by atoms with van der Waals surface area (Å²) in [5.74, 6) is -0.773. The summed E-state index contributed by atoms with van der Waals surface area (Å²) in [5.41, 5.74) is 6.79. The first-order valence-electron chi connectivity index (χ1n) is 5.44. The Labute approximate surface area is 108 Å². The monoisotopic (exact) mass is 263 g/mol. The number of amides is 1. The van der Waals surface area contributed by atoms with E-state index in [2.05, 4.69) is 10.3 Å². The van der Waals surface area contributed by atoms with Gasteiger partial charge in [0, 0.05) is 17.5 Å². The molecular weight excluding hydrogens is 250 g/mol. The zero-order valence-corrected chi connectivity index (χ0v) is 10.6. The average molecular weight is 263 g/mol. The second-order valence-corrected chi connectivity index (χ2v) is 4.52. The predicted octanol–water partition coefficient (Wildman–Crippen LogP) is 2.05. The van der Waals surface area contributed by atoms with Crippen LogP contribution in [-0.2, 0) is 0 Å². The van der Waals surface area contributed by atoms with Gasteiger partial charge in [0.2, 0.25) is 0 Å². The Bertz CT molecular complexity index is 580. The minimum atomic E-state index is -0.656. The molecule has 0 fully saturated rings. The predicted molar refractivity (Wildman–Crippen MR) is 71.9 cm³/mol. The van der Waals surface area contributed by atoms with Gasteiger partial charge in [-0.2, -0.15) is 0 Å². The topological polar surface area (TPSA) is 88.2 Å². The van der Waals surface area contributed by atoms with Gasteiger partial charge in [0.05, 0.1) is 11.3 Å². The lowest BCUT2D eigenvalue weighted by Crippen LogP contribution is -2.11. The van der Waals surface area contributed by atoms with Gasteiger partial charge in [-0.3, -0.25) is 4.79 Å². The molecule has 0 aliphatic heterocycles. The van der Waals surface area contributed by atoms with Gasteiger partial charge in [-0.05, 0) is 25.1 Å². The molecule has 0 saturated carbocycles. The number of carbonyl (C=O) groups excluding carboxylic acids is 1. The van der Waals surface area contributed by atoms with Crippen LogP contribution in [0.3, 0.4) is 0 Å². The van der Waals surface area contributed by atoms with Gasteiger partial charge in [0.25, 0.3) is 5.91 Å². The van der Waals surface area contributed by atoms with Crippen LogP contribution >= 0.6 is 11.3 Å². The second kappa shape index (κ2) is 5.05. The van der Waals surface area contributed by atoms with Crippen molar-refractivity contribution in [2.24, 2.45) is 5.73 Å². The number of hydrogen-bond acceptors (Lipinski definition) is 5. The van der Waals surface area contributed by atoms with Crippen molar-refractivity contribution >= 4 is 22.4 Å². The number of thiazole rings is 1. The van der Waals surface area contributed by atoms with Crippen LogP contribution in [0.5, 0.6) is 5.75 Å². The van der Waals surface area contributed by atoms with Crippen molar-refractivity contribution in [3.05, 3.63) is 29.1 Å². The number of carbonyl (C=O) groups is 1. The van der Waals surface area contributed by atoms with Gasteiger partial charge in [0.15, 0.2) is 5.13 Å². The molecule has 0 radical (unpaired) electrons. The molecule has 6 heteroatoms. The fraction of sp³-hybridized carbons (Fsp3) is 0.167. The lowest BCUT2D eigenvalue weighted by Gasteiger charge is -2.03. The van der Waals surface area contributed by atoms with Crippen LogP contribution in [0.15, 0.2) is 23.6 Å². The number of anilines is 1. The number of phenols is 1. The van der Waals surface area contributed by atoms with Crippen LogP contribution in [-0.4, -0.2) is 22.5 Å². The molecule has 1 aromatic heterocycles. The Hall–Kier alpha value is -2.08. The first-order valence-corrected chi connectivity index (χ1v) is 6.32. The summed E-state index contributed by atoms with van der Waals surface area (Å²) in [6.07, 6.45) is 0. The molecule has 0 aliphatic rings. The molecule has 94 valence electrons. The molecule has 1 amide bonds. The number of nitrogens with one attached hydrogen (secondary N) is 1. The van der Waals surface area contributed by atoms with E-state index >= 15 is 0 Å². The van der Waals surface area contributed by atoms with Gasteiger partial charge in [0.1, 0.15) is 5.75 Å².